The lowest BCUT2D eigenvalue weighted by atomic mass is 10.1. The molecule has 0 bridgehead atoms. The van der Waals surface area contributed by atoms with Gasteiger partial charge in [0.05, 0.1) is 11.7 Å². The summed E-state index contributed by atoms with van der Waals surface area (Å²) in [6, 6.07) is 3.53. The number of nitrogens with zero attached hydrogens (tertiary/aromatic N) is 2. The number of hydrogen-bond acceptors (Lipinski definition) is 2. The minimum Gasteiger partial charge on any atom is -0.308 e. The van der Waals surface area contributed by atoms with Crippen molar-refractivity contribution in [3.8, 4) is 0 Å². The number of aromatic nitrogens is 2. The van der Waals surface area contributed by atoms with Crippen molar-refractivity contribution in [2.75, 3.05) is 0 Å². The molecule has 1 N–H and O–H groups in total. The highest BCUT2D eigenvalue weighted by atomic mass is 15.3. The van der Waals surface area contributed by atoms with Crippen LogP contribution in [-0.4, -0.2) is 15.8 Å². The van der Waals surface area contributed by atoms with Gasteiger partial charge in [-0.05, 0) is 56.4 Å². The molecule has 0 amide bonds. The Bertz CT molecular complexity index is 388. The molecular weight excluding hydrogens is 234 g/mol. The van der Waals surface area contributed by atoms with E-state index in [9.17, 15) is 0 Å². The summed E-state index contributed by atoms with van der Waals surface area (Å²) >= 11 is 0. The summed E-state index contributed by atoms with van der Waals surface area (Å²) < 4.78 is 2.15. The van der Waals surface area contributed by atoms with E-state index >= 15 is 0 Å². The van der Waals surface area contributed by atoms with Gasteiger partial charge in [-0.2, -0.15) is 5.10 Å². The van der Waals surface area contributed by atoms with E-state index in [0.29, 0.717) is 6.04 Å². The van der Waals surface area contributed by atoms with Gasteiger partial charge in [0, 0.05) is 18.8 Å². The fourth-order valence-electron chi connectivity index (χ4n) is 3.19. The molecule has 0 unspecified atom stereocenters. The molecular formula is C16H27N3. The van der Waals surface area contributed by atoms with Gasteiger partial charge >= 0.3 is 0 Å². The second-order valence-electron chi connectivity index (χ2n) is 6.34. The fraction of sp³-hybridized carbons (Fsp3) is 0.812. The maximum atomic E-state index is 4.74. The maximum Gasteiger partial charge on any atom is 0.0762 e. The molecule has 1 heterocycles. The predicted octanol–water partition coefficient (Wildman–Crippen LogP) is 3.52. The zero-order valence-electron chi connectivity index (χ0n) is 12.3. The smallest absolute Gasteiger partial charge is 0.0762 e. The standard InChI is InChI=1S/C16H27N3/c1-3-15(4-2)19-10-9-14(18-19)11-17-16(12-5-6-12)13-7-8-13/h9-10,12-13,15-17H,3-8,11H2,1-2H3. The molecule has 1 aromatic heterocycles. The lowest BCUT2D eigenvalue weighted by Gasteiger charge is -2.17. The number of nitrogens with one attached hydrogen (secondary N) is 1. The summed E-state index contributed by atoms with van der Waals surface area (Å²) in [6.07, 6.45) is 10.2. The van der Waals surface area contributed by atoms with Crippen molar-refractivity contribution < 1.29 is 0 Å². The largest absolute Gasteiger partial charge is 0.308 e. The molecule has 106 valence electrons. The third-order valence-corrected chi connectivity index (χ3v) is 4.76. The van der Waals surface area contributed by atoms with Crippen molar-refractivity contribution >= 4 is 0 Å². The Morgan fingerprint density at radius 2 is 1.84 bits per heavy atom. The first-order chi connectivity index (χ1) is 9.31. The third-order valence-electron chi connectivity index (χ3n) is 4.76. The first-order valence-electron chi connectivity index (χ1n) is 8.09. The van der Waals surface area contributed by atoms with Gasteiger partial charge in [-0.25, -0.2) is 0 Å². The first-order valence-corrected chi connectivity index (χ1v) is 8.09. The van der Waals surface area contributed by atoms with E-state index in [1.165, 1.54) is 31.4 Å². The highest BCUT2D eigenvalue weighted by Crippen LogP contribution is 2.44. The van der Waals surface area contributed by atoms with Crippen LogP contribution in [0.4, 0.5) is 0 Å². The summed E-state index contributed by atoms with van der Waals surface area (Å²) in [7, 11) is 0. The van der Waals surface area contributed by atoms with Crippen molar-refractivity contribution in [1.82, 2.24) is 15.1 Å². The van der Waals surface area contributed by atoms with Gasteiger partial charge in [-0.3, -0.25) is 4.68 Å². The van der Waals surface area contributed by atoms with Gasteiger partial charge < -0.3 is 5.32 Å². The van der Waals surface area contributed by atoms with E-state index < -0.39 is 0 Å². The molecule has 2 fully saturated rings. The summed E-state index contributed by atoms with van der Waals surface area (Å²) in [5, 5.41) is 8.51. The summed E-state index contributed by atoms with van der Waals surface area (Å²) in [5.41, 5.74) is 1.21. The first kappa shape index (κ1) is 13.2. The Kier molecular flexibility index (Phi) is 3.92. The fourth-order valence-corrected chi connectivity index (χ4v) is 3.19. The second-order valence-corrected chi connectivity index (χ2v) is 6.34. The number of rotatable bonds is 8. The molecule has 0 spiro atoms. The van der Waals surface area contributed by atoms with Gasteiger partial charge in [0.25, 0.3) is 0 Å². The summed E-state index contributed by atoms with van der Waals surface area (Å²) in [4.78, 5) is 0. The lowest BCUT2D eigenvalue weighted by molar-refractivity contribution is 0.401. The van der Waals surface area contributed by atoms with Crippen LogP contribution in [0, 0.1) is 11.8 Å². The van der Waals surface area contributed by atoms with Gasteiger partial charge in [0.1, 0.15) is 0 Å². The van der Waals surface area contributed by atoms with Crippen LogP contribution >= 0.6 is 0 Å². The average Bonchev–Trinajstić information content (AvgIpc) is 3.33. The zero-order valence-corrected chi connectivity index (χ0v) is 12.3. The average molecular weight is 261 g/mol. The molecule has 2 aliphatic rings. The van der Waals surface area contributed by atoms with Gasteiger partial charge in [0.2, 0.25) is 0 Å². The Hall–Kier alpha value is -0.830. The molecule has 0 aromatic carbocycles. The van der Waals surface area contributed by atoms with E-state index in [-0.39, 0.29) is 0 Å². The van der Waals surface area contributed by atoms with Crippen molar-refractivity contribution in [2.24, 2.45) is 11.8 Å². The van der Waals surface area contributed by atoms with Crippen LogP contribution in [0.25, 0.3) is 0 Å². The van der Waals surface area contributed by atoms with E-state index in [4.69, 9.17) is 5.10 Å². The van der Waals surface area contributed by atoms with Crippen LogP contribution in [0.1, 0.15) is 64.1 Å². The van der Waals surface area contributed by atoms with Gasteiger partial charge in [-0.15, -0.1) is 0 Å². The molecule has 2 aliphatic carbocycles. The van der Waals surface area contributed by atoms with E-state index in [0.717, 1.165) is 37.3 Å². The van der Waals surface area contributed by atoms with Crippen LogP contribution < -0.4 is 5.32 Å². The summed E-state index contributed by atoms with van der Waals surface area (Å²) in [5.74, 6) is 1.93. The summed E-state index contributed by atoms with van der Waals surface area (Å²) in [6.45, 7) is 5.43. The minimum atomic E-state index is 0.566. The van der Waals surface area contributed by atoms with Crippen molar-refractivity contribution in [1.29, 1.82) is 0 Å². The molecule has 19 heavy (non-hydrogen) atoms. The SMILES string of the molecule is CCC(CC)n1ccc(CNC(C2CC2)C2CC2)n1. The Balaban J connectivity index is 1.54. The Morgan fingerprint density at radius 3 is 2.37 bits per heavy atom. The quantitative estimate of drug-likeness (QED) is 0.776. The van der Waals surface area contributed by atoms with Crippen molar-refractivity contribution in [2.45, 2.75) is 71.0 Å². The van der Waals surface area contributed by atoms with E-state index in [1.54, 1.807) is 0 Å². The predicted molar refractivity (Wildman–Crippen MR) is 77.9 cm³/mol. The molecule has 3 heteroatoms. The maximum absolute atomic E-state index is 4.74. The molecule has 3 nitrogen and oxygen atoms in total. The molecule has 0 aliphatic heterocycles. The van der Waals surface area contributed by atoms with Crippen LogP contribution in [-0.2, 0) is 6.54 Å². The normalized spacial score (nSPS) is 19.6. The van der Waals surface area contributed by atoms with Crippen molar-refractivity contribution in [3.63, 3.8) is 0 Å². The molecule has 0 radical (unpaired) electrons. The van der Waals surface area contributed by atoms with Crippen LogP contribution in [0.3, 0.4) is 0 Å². The van der Waals surface area contributed by atoms with Crippen LogP contribution in [0.2, 0.25) is 0 Å². The van der Waals surface area contributed by atoms with E-state index in [2.05, 4.69) is 36.1 Å². The Labute approximate surface area is 116 Å². The topological polar surface area (TPSA) is 29.9 Å². The van der Waals surface area contributed by atoms with Crippen LogP contribution in [0.5, 0.6) is 0 Å². The zero-order chi connectivity index (χ0) is 13.2. The number of hydrogen-bond donors (Lipinski definition) is 1. The molecule has 3 rings (SSSR count). The lowest BCUT2D eigenvalue weighted by Crippen LogP contribution is -2.32. The minimum absolute atomic E-state index is 0.566. The molecule has 1 aromatic rings. The molecule has 2 saturated carbocycles. The highest BCUT2D eigenvalue weighted by Gasteiger charge is 2.40. The van der Waals surface area contributed by atoms with Gasteiger partial charge in [0.15, 0.2) is 0 Å². The van der Waals surface area contributed by atoms with Crippen molar-refractivity contribution in [3.05, 3.63) is 18.0 Å². The van der Waals surface area contributed by atoms with E-state index in [1.807, 2.05) is 0 Å². The molecule has 0 saturated heterocycles. The Morgan fingerprint density at radius 1 is 1.21 bits per heavy atom. The third kappa shape index (κ3) is 3.19. The van der Waals surface area contributed by atoms with Gasteiger partial charge in [-0.1, -0.05) is 13.8 Å². The highest BCUT2D eigenvalue weighted by molar-refractivity contribution is 5.02. The molecule has 0 atom stereocenters. The second kappa shape index (κ2) is 5.66. The monoisotopic (exact) mass is 261 g/mol. The van der Waals surface area contributed by atoms with Crippen LogP contribution in [0.15, 0.2) is 12.3 Å².